The monoisotopic (exact) mass is 249 g/mol. The van der Waals surface area contributed by atoms with E-state index in [-0.39, 0.29) is 0 Å². The van der Waals surface area contributed by atoms with Crippen molar-refractivity contribution in [3.63, 3.8) is 0 Å². The highest BCUT2D eigenvalue weighted by atomic mass is 32.1. The van der Waals surface area contributed by atoms with E-state index in [1.807, 2.05) is 5.51 Å². The maximum Gasteiger partial charge on any atom is 0.106 e. The van der Waals surface area contributed by atoms with Crippen molar-refractivity contribution in [2.45, 2.75) is 26.7 Å². The smallest absolute Gasteiger partial charge is 0.106 e. The zero-order valence-corrected chi connectivity index (χ0v) is 11.3. The number of benzene rings is 1. The van der Waals surface area contributed by atoms with Crippen LogP contribution in [0, 0.1) is 0 Å². The predicted molar refractivity (Wildman–Crippen MR) is 76.8 cm³/mol. The molecule has 1 aromatic carbocycles. The normalized spacial score (nSPS) is 10.9. The van der Waals surface area contributed by atoms with Gasteiger partial charge >= 0.3 is 0 Å². The number of nitrogens with zero attached hydrogens (tertiary/aromatic N) is 2. The van der Waals surface area contributed by atoms with E-state index in [1.54, 1.807) is 11.3 Å². The highest BCUT2D eigenvalue weighted by molar-refractivity contribution is 7.16. The van der Waals surface area contributed by atoms with E-state index in [9.17, 15) is 0 Å². The van der Waals surface area contributed by atoms with E-state index in [0.29, 0.717) is 0 Å². The zero-order valence-electron chi connectivity index (χ0n) is 10.4. The molecule has 0 radical (unpaired) electrons. The van der Waals surface area contributed by atoms with E-state index in [1.165, 1.54) is 12.8 Å². The molecule has 0 saturated carbocycles. The molecule has 0 spiro atoms. The number of anilines is 2. The third kappa shape index (κ3) is 2.36. The number of hydrogen-bond acceptors (Lipinski definition) is 4. The number of aromatic nitrogens is 1. The second-order valence-electron chi connectivity index (χ2n) is 4.13. The van der Waals surface area contributed by atoms with Crippen molar-refractivity contribution in [3.8, 4) is 0 Å². The van der Waals surface area contributed by atoms with Crippen LogP contribution in [-0.2, 0) is 0 Å². The van der Waals surface area contributed by atoms with Crippen molar-refractivity contribution in [1.29, 1.82) is 0 Å². The predicted octanol–water partition coefficient (Wildman–Crippen LogP) is 3.50. The van der Waals surface area contributed by atoms with Crippen LogP contribution in [0.2, 0.25) is 0 Å². The van der Waals surface area contributed by atoms with Crippen LogP contribution in [0.4, 0.5) is 11.4 Å². The molecular formula is C13H19N3S. The Morgan fingerprint density at radius 2 is 2.18 bits per heavy atom. The molecule has 3 nitrogen and oxygen atoms in total. The van der Waals surface area contributed by atoms with Crippen molar-refractivity contribution in [1.82, 2.24) is 4.98 Å². The van der Waals surface area contributed by atoms with E-state index in [2.05, 4.69) is 35.9 Å². The van der Waals surface area contributed by atoms with E-state index < -0.39 is 0 Å². The first kappa shape index (κ1) is 12.2. The summed E-state index contributed by atoms with van der Waals surface area (Å²) in [5.41, 5.74) is 11.0. The van der Waals surface area contributed by atoms with Crippen molar-refractivity contribution in [3.05, 3.63) is 17.6 Å². The lowest BCUT2D eigenvalue weighted by Gasteiger charge is -2.24. The molecule has 1 heterocycles. The maximum absolute atomic E-state index is 6.21. The first-order chi connectivity index (χ1) is 8.27. The molecule has 1 aromatic heterocycles. The van der Waals surface area contributed by atoms with Crippen LogP contribution < -0.4 is 10.6 Å². The molecule has 92 valence electrons. The molecule has 4 heteroatoms. The second-order valence-corrected chi connectivity index (χ2v) is 5.02. The van der Waals surface area contributed by atoms with Crippen LogP contribution in [0.5, 0.6) is 0 Å². The van der Waals surface area contributed by atoms with Crippen LogP contribution in [-0.4, -0.2) is 18.1 Å². The Kier molecular flexibility index (Phi) is 3.84. The number of hydrogen-bond donors (Lipinski definition) is 1. The molecule has 0 bridgehead atoms. The first-order valence-electron chi connectivity index (χ1n) is 6.14. The highest BCUT2D eigenvalue weighted by Crippen LogP contribution is 2.32. The highest BCUT2D eigenvalue weighted by Gasteiger charge is 2.11. The van der Waals surface area contributed by atoms with Gasteiger partial charge in [0.1, 0.15) is 5.52 Å². The van der Waals surface area contributed by atoms with E-state index in [0.717, 1.165) is 34.7 Å². The van der Waals surface area contributed by atoms with Crippen molar-refractivity contribution >= 4 is 32.9 Å². The number of rotatable bonds is 5. The summed E-state index contributed by atoms with van der Waals surface area (Å²) in [6, 6.07) is 4.24. The fourth-order valence-electron chi connectivity index (χ4n) is 2.02. The van der Waals surface area contributed by atoms with Gasteiger partial charge in [0.15, 0.2) is 0 Å². The fourth-order valence-corrected chi connectivity index (χ4v) is 2.71. The molecule has 0 fully saturated rings. The van der Waals surface area contributed by atoms with Crippen LogP contribution in [0.1, 0.15) is 26.7 Å². The average molecular weight is 249 g/mol. The summed E-state index contributed by atoms with van der Waals surface area (Å²) in [4.78, 5) is 6.67. The molecular weight excluding hydrogens is 230 g/mol. The van der Waals surface area contributed by atoms with Gasteiger partial charge in [-0.2, -0.15) is 0 Å². The van der Waals surface area contributed by atoms with Crippen LogP contribution in [0.15, 0.2) is 17.6 Å². The van der Waals surface area contributed by atoms with Crippen molar-refractivity contribution < 1.29 is 0 Å². The molecule has 0 saturated heterocycles. The number of unbranched alkanes of at least 4 members (excludes halogenated alkanes) is 1. The molecule has 2 aromatic rings. The lowest BCUT2D eigenvalue weighted by Crippen LogP contribution is -2.24. The Balaban J connectivity index is 2.35. The lowest BCUT2D eigenvalue weighted by atomic mass is 10.2. The molecule has 0 amide bonds. The molecule has 2 rings (SSSR count). The molecule has 0 atom stereocenters. The molecule has 0 aliphatic heterocycles. The minimum atomic E-state index is 0.821. The number of nitrogens with two attached hydrogens (primary N) is 1. The van der Waals surface area contributed by atoms with Gasteiger partial charge < -0.3 is 10.6 Å². The largest absolute Gasteiger partial charge is 0.395 e. The SMILES string of the molecule is CCCCN(CC)c1ccc2scnc2c1N. The van der Waals surface area contributed by atoms with Gasteiger partial charge in [-0.05, 0) is 25.5 Å². The standard InChI is InChI=1S/C13H19N3S/c1-3-5-8-16(4-2)10-6-7-11-13(12(10)14)15-9-17-11/h6-7,9H,3-5,8,14H2,1-2H3. The van der Waals surface area contributed by atoms with Crippen LogP contribution in [0.25, 0.3) is 10.2 Å². The molecule has 0 aliphatic rings. The van der Waals surface area contributed by atoms with Gasteiger partial charge in [-0.3, -0.25) is 0 Å². The van der Waals surface area contributed by atoms with Gasteiger partial charge in [0, 0.05) is 13.1 Å². The van der Waals surface area contributed by atoms with Gasteiger partial charge in [-0.1, -0.05) is 13.3 Å². The van der Waals surface area contributed by atoms with Crippen molar-refractivity contribution in [2.24, 2.45) is 0 Å². The molecule has 2 N–H and O–H groups in total. The van der Waals surface area contributed by atoms with Gasteiger partial charge in [0.05, 0.1) is 21.6 Å². The van der Waals surface area contributed by atoms with E-state index in [4.69, 9.17) is 5.73 Å². The third-order valence-corrected chi connectivity index (χ3v) is 3.82. The van der Waals surface area contributed by atoms with Crippen molar-refractivity contribution in [2.75, 3.05) is 23.7 Å². The van der Waals surface area contributed by atoms with Gasteiger partial charge in [0.25, 0.3) is 0 Å². The number of thiazole rings is 1. The Bertz CT molecular complexity index is 492. The number of fused-ring (bicyclic) bond motifs is 1. The second kappa shape index (κ2) is 5.36. The summed E-state index contributed by atoms with van der Waals surface area (Å²) in [7, 11) is 0. The Morgan fingerprint density at radius 1 is 1.35 bits per heavy atom. The summed E-state index contributed by atoms with van der Waals surface area (Å²) in [6.07, 6.45) is 2.40. The van der Waals surface area contributed by atoms with Gasteiger partial charge in [0.2, 0.25) is 0 Å². The third-order valence-electron chi connectivity index (χ3n) is 3.02. The summed E-state index contributed by atoms with van der Waals surface area (Å²) < 4.78 is 1.16. The zero-order chi connectivity index (χ0) is 12.3. The summed E-state index contributed by atoms with van der Waals surface area (Å²) in [5, 5.41) is 0. The first-order valence-corrected chi connectivity index (χ1v) is 7.02. The quantitative estimate of drug-likeness (QED) is 0.825. The summed E-state index contributed by atoms with van der Waals surface area (Å²) in [6.45, 7) is 6.42. The van der Waals surface area contributed by atoms with Gasteiger partial charge in [-0.15, -0.1) is 11.3 Å². The topological polar surface area (TPSA) is 42.2 Å². The molecule has 17 heavy (non-hydrogen) atoms. The summed E-state index contributed by atoms with van der Waals surface area (Å²) in [5.74, 6) is 0. The van der Waals surface area contributed by atoms with Crippen LogP contribution >= 0.6 is 11.3 Å². The molecule has 0 unspecified atom stereocenters. The Hall–Kier alpha value is -1.29. The Labute approximate surface area is 106 Å². The average Bonchev–Trinajstić information content (AvgIpc) is 2.81. The fraction of sp³-hybridized carbons (Fsp3) is 0.462. The number of nitrogen functional groups attached to an aromatic ring is 1. The van der Waals surface area contributed by atoms with Gasteiger partial charge in [-0.25, -0.2) is 4.98 Å². The molecule has 0 aliphatic carbocycles. The Morgan fingerprint density at radius 3 is 2.88 bits per heavy atom. The minimum Gasteiger partial charge on any atom is -0.395 e. The van der Waals surface area contributed by atoms with E-state index >= 15 is 0 Å². The summed E-state index contributed by atoms with van der Waals surface area (Å²) >= 11 is 1.64. The lowest BCUT2D eigenvalue weighted by molar-refractivity contribution is 0.733. The maximum atomic E-state index is 6.21. The minimum absolute atomic E-state index is 0.821. The van der Waals surface area contributed by atoms with Crippen LogP contribution in [0.3, 0.4) is 0 Å².